The summed E-state index contributed by atoms with van der Waals surface area (Å²) in [6.07, 6.45) is 1.24. The Morgan fingerprint density at radius 1 is 1.17 bits per heavy atom. The van der Waals surface area contributed by atoms with E-state index in [-0.39, 0.29) is 17.8 Å². The van der Waals surface area contributed by atoms with Crippen molar-refractivity contribution in [2.45, 2.75) is 19.8 Å². The maximum absolute atomic E-state index is 12.7. The standard InChI is InChI=1S/C17H23NO5/c1-4-23-17(20)12-7-9-18(10-8-12)16(19)14-11-13(21-2)5-6-15(14)22-3/h5-6,11-12H,4,7-10H2,1-3H3. The number of esters is 1. The fourth-order valence-electron chi connectivity index (χ4n) is 2.73. The summed E-state index contributed by atoms with van der Waals surface area (Å²) in [6.45, 7) is 3.25. The lowest BCUT2D eigenvalue weighted by molar-refractivity contribution is -0.149. The van der Waals surface area contributed by atoms with Gasteiger partial charge >= 0.3 is 5.97 Å². The van der Waals surface area contributed by atoms with Gasteiger partial charge in [0.25, 0.3) is 5.91 Å². The molecule has 2 rings (SSSR count). The molecule has 6 heteroatoms. The van der Waals surface area contributed by atoms with E-state index in [0.29, 0.717) is 49.6 Å². The van der Waals surface area contributed by atoms with Gasteiger partial charge in [0.1, 0.15) is 11.5 Å². The highest BCUT2D eigenvalue weighted by Gasteiger charge is 2.29. The number of benzene rings is 1. The summed E-state index contributed by atoms with van der Waals surface area (Å²) < 4.78 is 15.5. The van der Waals surface area contributed by atoms with Gasteiger partial charge in [0, 0.05) is 13.1 Å². The van der Waals surface area contributed by atoms with Crippen molar-refractivity contribution in [3.8, 4) is 11.5 Å². The van der Waals surface area contributed by atoms with Crippen molar-refractivity contribution in [1.82, 2.24) is 4.90 Å². The molecule has 0 unspecified atom stereocenters. The molecular formula is C17H23NO5. The third-order valence-electron chi connectivity index (χ3n) is 4.04. The molecule has 6 nitrogen and oxygen atoms in total. The van der Waals surface area contributed by atoms with Crippen LogP contribution in [0, 0.1) is 5.92 Å². The predicted octanol–water partition coefficient (Wildman–Crippen LogP) is 2.12. The molecule has 0 bridgehead atoms. The number of carbonyl (C=O) groups excluding carboxylic acids is 2. The van der Waals surface area contributed by atoms with Crippen LogP contribution in [-0.4, -0.2) is 50.7 Å². The molecule has 23 heavy (non-hydrogen) atoms. The van der Waals surface area contributed by atoms with Crippen molar-refractivity contribution in [3.05, 3.63) is 23.8 Å². The third-order valence-corrected chi connectivity index (χ3v) is 4.04. The highest BCUT2D eigenvalue weighted by molar-refractivity contribution is 5.97. The number of hydrogen-bond acceptors (Lipinski definition) is 5. The first-order chi connectivity index (χ1) is 11.1. The van der Waals surface area contributed by atoms with Gasteiger partial charge in [0.15, 0.2) is 0 Å². The van der Waals surface area contributed by atoms with Crippen LogP contribution in [-0.2, 0) is 9.53 Å². The number of piperidine rings is 1. The van der Waals surface area contributed by atoms with Gasteiger partial charge < -0.3 is 19.1 Å². The van der Waals surface area contributed by atoms with Gasteiger partial charge in [-0.25, -0.2) is 0 Å². The summed E-state index contributed by atoms with van der Waals surface area (Å²) in [5.41, 5.74) is 0.474. The van der Waals surface area contributed by atoms with Gasteiger partial charge in [0.05, 0.1) is 32.3 Å². The van der Waals surface area contributed by atoms with Crippen LogP contribution in [0.15, 0.2) is 18.2 Å². The number of hydrogen-bond donors (Lipinski definition) is 0. The summed E-state index contributed by atoms with van der Waals surface area (Å²) in [4.78, 5) is 26.2. The third kappa shape index (κ3) is 3.94. The Hall–Kier alpha value is -2.24. The average Bonchev–Trinajstić information content (AvgIpc) is 2.60. The van der Waals surface area contributed by atoms with Crippen molar-refractivity contribution < 1.29 is 23.8 Å². The van der Waals surface area contributed by atoms with Crippen LogP contribution < -0.4 is 9.47 Å². The SMILES string of the molecule is CCOC(=O)C1CCN(C(=O)c2cc(OC)ccc2OC)CC1. The molecule has 0 atom stereocenters. The first kappa shape index (κ1) is 17.1. The normalized spacial score (nSPS) is 15.2. The average molecular weight is 321 g/mol. The molecular weight excluding hydrogens is 298 g/mol. The van der Waals surface area contributed by atoms with Crippen LogP contribution >= 0.6 is 0 Å². The van der Waals surface area contributed by atoms with Crippen molar-refractivity contribution in [1.29, 1.82) is 0 Å². The van der Waals surface area contributed by atoms with Gasteiger partial charge in [-0.05, 0) is 38.0 Å². The molecule has 1 saturated heterocycles. The Labute approximate surface area is 136 Å². The van der Waals surface area contributed by atoms with Gasteiger partial charge in [-0.2, -0.15) is 0 Å². The minimum Gasteiger partial charge on any atom is -0.497 e. The van der Waals surface area contributed by atoms with E-state index in [1.807, 2.05) is 0 Å². The largest absolute Gasteiger partial charge is 0.497 e. The number of methoxy groups -OCH3 is 2. The van der Waals surface area contributed by atoms with Gasteiger partial charge in [0.2, 0.25) is 0 Å². The second-order valence-corrected chi connectivity index (χ2v) is 5.38. The molecule has 1 aliphatic heterocycles. The Balaban J connectivity index is 2.06. The van der Waals surface area contributed by atoms with E-state index in [4.69, 9.17) is 14.2 Å². The van der Waals surface area contributed by atoms with Crippen LogP contribution in [0.1, 0.15) is 30.1 Å². The predicted molar refractivity (Wildman–Crippen MR) is 84.8 cm³/mol. The van der Waals surface area contributed by atoms with E-state index in [2.05, 4.69) is 0 Å². The number of nitrogens with zero attached hydrogens (tertiary/aromatic N) is 1. The molecule has 0 saturated carbocycles. The van der Waals surface area contributed by atoms with E-state index in [0.717, 1.165) is 0 Å². The molecule has 126 valence electrons. The molecule has 0 radical (unpaired) electrons. The molecule has 1 aliphatic rings. The Morgan fingerprint density at radius 3 is 2.43 bits per heavy atom. The molecule has 1 fully saturated rings. The lowest BCUT2D eigenvalue weighted by atomic mass is 9.96. The lowest BCUT2D eigenvalue weighted by Crippen LogP contribution is -2.40. The fraction of sp³-hybridized carbons (Fsp3) is 0.529. The van der Waals surface area contributed by atoms with Gasteiger partial charge in [-0.1, -0.05) is 0 Å². The molecule has 0 N–H and O–H groups in total. The number of ether oxygens (including phenoxy) is 3. The zero-order valence-electron chi connectivity index (χ0n) is 13.8. The van der Waals surface area contributed by atoms with Crippen molar-refractivity contribution in [2.75, 3.05) is 33.9 Å². The van der Waals surface area contributed by atoms with E-state index in [9.17, 15) is 9.59 Å². The quantitative estimate of drug-likeness (QED) is 0.777. The zero-order chi connectivity index (χ0) is 16.8. The summed E-state index contributed by atoms with van der Waals surface area (Å²) in [7, 11) is 3.09. The van der Waals surface area contributed by atoms with E-state index in [1.54, 1.807) is 37.1 Å². The highest BCUT2D eigenvalue weighted by Crippen LogP contribution is 2.27. The second kappa shape index (κ2) is 7.85. The molecule has 1 aromatic carbocycles. The maximum atomic E-state index is 12.7. The van der Waals surface area contributed by atoms with Gasteiger partial charge in [-0.15, -0.1) is 0 Å². The molecule has 1 amide bonds. The Morgan fingerprint density at radius 2 is 1.87 bits per heavy atom. The lowest BCUT2D eigenvalue weighted by Gasteiger charge is -2.31. The van der Waals surface area contributed by atoms with Gasteiger partial charge in [-0.3, -0.25) is 9.59 Å². The smallest absolute Gasteiger partial charge is 0.309 e. The molecule has 0 aliphatic carbocycles. The summed E-state index contributed by atoms with van der Waals surface area (Å²) in [6, 6.07) is 5.15. The highest BCUT2D eigenvalue weighted by atomic mass is 16.5. The van der Waals surface area contributed by atoms with Crippen molar-refractivity contribution in [2.24, 2.45) is 5.92 Å². The second-order valence-electron chi connectivity index (χ2n) is 5.38. The topological polar surface area (TPSA) is 65.1 Å². The van der Waals surface area contributed by atoms with Crippen LogP contribution in [0.4, 0.5) is 0 Å². The maximum Gasteiger partial charge on any atom is 0.309 e. The van der Waals surface area contributed by atoms with Crippen LogP contribution in [0.25, 0.3) is 0 Å². The van der Waals surface area contributed by atoms with E-state index < -0.39 is 0 Å². The molecule has 0 aromatic heterocycles. The first-order valence-electron chi connectivity index (χ1n) is 7.78. The number of likely N-dealkylation sites (tertiary alicyclic amines) is 1. The number of carbonyl (C=O) groups is 2. The minimum atomic E-state index is -0.168. The molecule has 1 heterocycles. The summed E-state index contributed by atoms with van der Waals surface area (Å²) in [5.74, 6) is 0.728. The molecule has 1 aromatic rings. The number of amides is 1. The van der Waals surface area contributed by atoms with Crippen LogP contribution in [0.3, 0.4) is 0 Å². The van der Waals surface area contributed by atoms with E-state index in [1.165, 1.54) is 7.11 Å². The Bertz CT molecular complexity index is 564. The Kier molecular flexibility index (Phi) is 5.84. The van der Waals surface area contributed by atoms with E-state index >= 15 is 0 Å². The number of rotatable bonds is 5. The molecule has 0 spiro atoms. The van der Waals surface area contributed by atoms with Crippen molar-refractivity contribution in [3.63, 3.8) is 0 Å². The van der Waals surface area contributed by atoms with Crippen LogP contribution in [0.5, 0.6) is 11.5 Å². The fourth-order valence-corrected chi connectivity index (χ4v) is 2.73. The van der Waals surface area contributed by atoms with Crippen molar-refractivity contribution >= 4 is 11.9 Å². The monoisotopic (exact) mass is 321 g/mol. The summed E-state index contributed by atoms with van der Waals surface area (Å²) >= 11 is 0. The minimum absolute atomic E-state index is 0.108. The van der Waals surface area contributed by atoms with Crippen LogP contribution in [0.2, 0.25) is 0 Å². The zero-order valence-corrected chi connectivity index (χ0v) is 13.8. The summed E-state index contributed by atoms with van der Waals surface area (Å²) in [5, 5.41) is 0. The first-order valence-corrected chi connectivity index (χ1v) is 7.78.